The SMILES string of the molecule is CCN(CC)S(=O)(=O)N(C)Cc1csc(C#CCO)c1. The Morgan fingerprint density at radius 3 is 2.55 bits per heavy atom. The lowest BCUT2D eigenvalue weighted by molar-refractivity contribution is 0.350. The van der Waals surface area contributed by atoms with Crippen LogP contribution in [-0.2, 0) is 16.8 Å². The van der Waals surface area contributed by atoms with E-state index in [2.05, 4.69) is 11.8 Å². The van der Waals surface area contributed by atoms with E-state index in [9.17, 15) is 8.42 Å². The number of nitrogens with zero attached hydrogens (tertiary/aromatic N) is 2. The van der Waals surface area contributed by atoms with Crippen molar-refractivity contribution < 1.29 is 13.5 Å². The van der Waals surface area contributed by atoms with Gasteiger partial charge in [-0.25, -0.2) is 0 Å². The zero-order chi connectivity index (χ0) is 15.2. The van der Waals surface area contributed by atoms with Crippen LogP contribution in [0.4, 0.5) is 0 Å². The second-order valence-electron chi connectivity index (χ2n) is 4.13. The standard InChI is InChI=1S/C13H20N2O3S2/c1-4-15(5-2)20(17,18)14(3)10-12-9-13(19-11-12)7-6-8-16/h9,11,16H,4-5,8,10H2,1-3H3. The maximum absolute atomic E-state index is 12.3. The fourth-order valence-electron chi connectivity index (χ4n) is 1.74. The van der Waals surface area contributed by atoms with Gasteiger partial charge in [-0.1, -0.05) is 25.7 Å². The van der Waals surface area contributed by atoms with Gasteiger partial charge in [0.25, 0.3) is 10.2 Å². The first-order valence-electron chi connectivity index (χ1n) is 6.34. The van der Waals surface area contributed by atoms with Crippen LogP contribution in [0.5, 0.6) is 0 Å². The van der Waals surface area contributed by atoms with Crippen LogP contribution in [0.1, 0.15) is 24.3 Å². The third kappa shape index (κ3) is 4.30. The summed E-state index contributed by atoms with van der Waals surface area (Å²) >= 11 is 1.44. The lowest BCUT2D eigenvalue weighted by atomic mass is 10.3. The Bertz CT molecular complexity index is 580. The topological polar surface area (TPSA) is 60.9 Å². The smallest absolute Gasteiger partial charge is 0.282 e. The van der Waals surface area contributed by atoms with Crippen LogP contribution in [0, 0.1) is 11.8 Å². The van der Waals surface area contributed by atoms with E-state index >= 15 is 0 Å². The average Bonchev–Trinajstić information content (AvgIpc) is 2.85. The van der Waals surface area contributed by atoms with E-state index in [-0.39, 0.29) is 6.61 Å². The molecule has 0 amide bonds. The predicted molar refractivity (Wildman–Crippen MR) is 81.6 cm³/mol. The zero-order valence-electron chi connectivity index (χ0n) is 12.0. The van der Waals surface area contributed by atoms with Crippen LogP contribution in [0.3, 0.4) is 0 Å². The molecule has 1 aromatic heterocycles. The minimum Gasteiger partial charge on any atom is -0.384 e. The molecule has 7 heteroatoms. The molecule has 0 aliphatic carbocycles. The minimum absolute atomic E-state index is 0.177. The van der Waals surface area contributed by atoms with E-state index in [4.69, 9.17) is 5.11 Å². The quantitative estimate of drug-likeness (QED) is 0.800. The highest BCUT2D eigenvalue weighted by atomic mass is 32.2. The molecule has 0 bridgehead atoms. The molecule has 0 spiro atoms. The van der Waals surface area contributed by atoms with Gasteiger partial charge in [-0.15, -0.1) is 11.3 Å². The molecule has 20 heavy (non-hydrogen) atoms. The van der Waals surface area contributed by atoms with Crippen LogP contribution >= 0.6 is 11.3 Å². The lowest BCUT2D eigenvalue weighted by Crippen LogP contribution is -2.41. The first-order valence-corrected chi connectivity index (χ1v) is 8.61. The molecule has 0 aliphatic rings. The number of aliphatic hydroxyl groups excluding tert-OH is 1. The second kappa shape index (κ2) is 7.76. The molecule has 1 N–H and O–H groups in total. The number of hydrogen-bond acceptors (Lipinski definition) is 4. The van der Waals surface area contributed by atoms with Crippen molar-refractivity contribution in [1.82, 2.24) is 8.61 Å². The van der Waals surface area contributed by atoms with Crippen molar-refractivity contribution in [2.24, 2.45) is 0 Å². The van der Waals surface area contributed by atoms with Gasteiger partial charge >= 0.3 is 0 Å². The van der Waals surface area contributed by atoms with Crippen molar-refractivity contribution in [2.75, 3.05) is 26.7 Å². The Morgan fingerprint density at radius 2 is 2.00 bits per heavy atom. The Hall–Kier alpha value is -0.910. The summed E-state index contributed by atoms with van der Waals surface area (Å²) in [7, 11) is -1.84. The predicted octanol–water partition coefficient (Wildman–Crippen LogP) is 1.11. The van der Waals surface area contributed by atoms with Gasteiger partial charge < -0.3 is 5.11 Å². The molecule has 0 saturated carbocycles. The molecule has 0 unspecified atom stereocenters. The van der Waals surface area contributed by atoms with Crippen molar-refractivity contribution in [3.63, 3.8) is 0 Å². The van der Waals surface area contributed by atoms with E-state index in [0.29, 0.717) is 19.6 Å². The van der Waals surface area contributed by atoms with Crippen LogP contribution < -0.4 is 0 Å². The molecular formula is C13H20N2O3S2. The van der Waals surface area contributed by atoms with Gasteiger partial charge in [0.1, 0.15) is 6.61 Å². The van der Waals surface area contributed by atoms with E-state index < -0.39 is 10.2 Å². The molecule has 112 valence electrons. The van der Waals surface area contributed by atoms with Crippen LogP contribution in [0.15, 0.2) is 11.4 Å². The van der Waals surface area contributed by atoms with E-state index in [1.165, 1.54) is 19.9 Å². The third-order valence-electron chi connectivity index (χ3n) is 2.78. The summed E-state index contributed by atoms with van der Waals surface area (Å²) in [4.78, 5) is 0.822. The molecule has 0 saturated heterocycles. The third-order valence-corrected chi connectivity index (χ3v) is 5.76. The molecule has 1 rings (SSSR count). The summed E-state index contributed by atoms with van der Waals surface area (Å²) in [5.74, 6) is 5.39. The van der Waals surface area contributed by atoms with Gasteiger partial charge in [0.05, 0.1) is 4.88 Å². The Labute approximate surface area is 125 Å². The van der Waals surface area contributed by atoms with E-state index in [1.54, 1.807) is 7.05 Å². The zero-order valence-corrected chi connectivity index (χ0v) is 13.6. The first kappa shape index (κ1) is 17.1. The molecule has 0 aliphatic heterocycles. The number of aliphatic hydroxyl groups is 1. The maximum Gasteiger partial charge on any atom is 0.282 e. The minimum atomic E-state index is -3.41. The van der Waals surface area contributed by atoms with Crippen molar-refractivity contribution in [3.05, 3.63) is 21.9 Å². The van der Waals surface area contributed by atoms with E-state index in [0.717, 1.165) is 10.4 Å². The number of hydrogen-bond donors (Lipinski definition) is 1. The number of rotatable bonds is 6. The molecule has 0 radical (unpaired) electrons. The summed E-state index contributed by atoms with van der Waals surface area (Å²) < 4.78 is 27.3. The van der Waals surface area contributed by atoms with Crippen LogP contribution in [-0.4, -0.2) is 48.9 Å². The average molecular weight is 316 g/mol. The Balaban J connectivity index is 2.80. The van der Waals surface area contributed by atoms with Crippen LogP contribution in [0.2, 0.25) is 0 Å². The van der Waals surface area contributed by atoms with Gasteiger partial charge in [-0.05, 0) is 17.0 Å². The lowest BCUT2D eigenvalue weighted by Gasteiger charge is -2.25. The highest BCUT2D eigenvalue weighted by Gasteiger charge is 2.24. The summed E-state index contributed by atoms with van der Waals surface area (Å²) in [6, 6.07) is 1.85. The monoisotopic (exact) mass is 316 g/mol. The molecular weight excluding hydrogens is 296 g/mol. The summed E-state index contributed by atoms with van der Waals surface area (Å²) in [5, 5.41) is 10.5. The normalized spacial score (nSPS) is 11.7. The van der Waals surface area contributed by atoms with Crippen LogP contribution in [0.25, 0.3) is 0 Å². The van der Waals surface area contributed by atoms with Gasteiger partial charge in [-0.3, -0.25) is 0 Å². The van der Waals surface area contributed by atoms with Gasteiger partial charge in [0, 0.05) is 26.7 Å². The second-order valence-corrected chi connectivity index (χ2v) is 7.07. The fourth-order valence-corrected chi connectivity index (χ4v) is 3.87. The summed E-state index contributed by atoms with van der Waals surface area (Å²) in [6.45, 7) is 4.70. The fraction of sp³-hybridized carbons (Fsp3) is 0.538. The van der Waals surface area contributed by atoms with E-state index in [1.807, 2.05) is 25.3 Å². The molecule has 5 nitrogen and oxygen atoms in total. The maximum atomic E-state index is 12.3. The highest BCUT2D eigenvalue weighted by Crippen LogP contribution is 2.17. The summed E-state index contributed by atoms with van der Waals surface area (Å²) in [6.07, 6.45) is 0. The van der Waals surface area contributed by atoms with Gasteiger partial charge in [0.2, 0.25) is 0 Å². The highest BCUT2D eigenvalue weighted by molar-refractivity contribution is 7.86. The van der Waals surface area contributed by atoms with Gasteiger partial charge in [0.15, 0.2) is 0 Å². The van der Waals surface area contributed by atoms with Crippen molar-refractivity contribution in [1.29, 1.82) is 0 Å². The van der Waals surface area contributed by atoms with Crippen molar-refractivity contribution >= 4 is 21.5 Å². The van der Waals surface area contributed by atoms with Gasteiger partial charge in [-0.2, -0.15) is 17.0 Å². The first-order chi connectivity index (χ1) is 9.45. The van der Waals surface area contributed by atoms with Crippen molar-refractivity contribution in [3.8, 4) is 11.8 Å². The largest absolute Gasteiger partial charge is 0.384 e. The molecule has 0 aromatic carbocycles. The molecule has 1 heterocycles. The Kier molecular flexibility index (Phi) is 6.65. The molecule has 1 aromatic rings. The molecule has 0 atom stereocenters. The Morgan fingerprint density at radius 1 is 1.35 bits per heavy atom. The molecule has 0 fully saturated rings. The van der Waals surface area contributed by atoms with Crippen molar-refractivity contribution in [2.45, 2.75) is 20.4 Å². The number of thiophene rings is 1. The summed E-state index contributed by atoms with van der Waals surface area (Å²) in [5.41, 5.74) is 0.899.